The summed E-state index contributed by atoms with van der Waals surface area (Å²) in [7, 11) is 0. The molecule has 0 amide bonds. The van der Waals surface area contributed by atoms with Crippen LogP contribution >= 0.6 is 27.5 Å². The van der Waals surface area contributed by atoms with E-state index in [9.17, 15) is 5.11 Å². The first-order valence-corrected chi connectivity index (χ1v) is 7.78. The maximum atomic E-state index is 10.6. The molecule has 0 aliphatic carbocycles. The smallest absolute Gasteiger partial charge is 0.122 e. The van der Waals surface area contributed by atoms with Gasteiger partial charge in [0.05, 0.1) is 16.9 Å². The van der Waals surface area contributed by atoms with Gasteiger partial charge >= 0.3 is 0 Å². The van der Waals surface area contributed by atoms with E-state index in [1.165, 1.54) is 0 Å². The van der Waals surface area contributed by atoms with Crippen LogP contribution in [-0.2, 0) is 6.54 Å². The van der Waals surface area contributed by atoms with E-state index in [-0.39, 0.29) is 0 Å². The molecule has 1 unspecified atom stereocenters. The molecule has 2 rings (SSSR count). The fraction of sp³-hybridized carbons (Fsp3) is 0.400. The summed E-state index contributed by atoms with van der Waals surface area (Å²) in [5.74, 6) is 0. The zero-order valence-electron chi connectivity index (χ0n) is 11.8. The topological polar surface area (TPSA) is 38.0 Å². The number of nitrogens with zero attached hydrogens (tertiary/aromatic N) is 2. The summed E-state index contributed by atoms with van der Waals surface area (Å²) in [5, 5.41) is 15.4. The van der Waals surface area contributed by atoms with Gasteiger partial charge in [0.15, 0.2) is 0 Å². The second-order valence-corrected chi connectivity index (χ2v) is 6.17. The van der Waals surface area contributed by atoms with Crippen LogP contribution in [-0.4, -0.2) is 14.9 Å². The number of aliphatic hydroxyl groups is 1. The highest BCUT2D eigenvalue weighted by atomic mass is 79.9. The van der Waals surface area contributed by atoms with Crippen LogP contribution in [0.5, 0.6) is 0 Å². The Kier molecular flexibility index (Phi) is 4.89. The minimum Gasteiger partial charge on any atom is -0.382 e. The highest BCUT2D eigenvalue weighted by Gasteiger charge is 2.20. The number of rotatable bonds is 4. The highest BCUT2D eigenvalue weighted by molar-refractivity contribution is 9.10. The normalized spacial score (nSPS) is 12.7. The SMILES string of the molecule is CCCn1ncc(Cl)c1C(O)c1cc(C)c(Br)c(C)c1. The Morgan fingerprint density at radius 3 is 2.50 bits per heavy atom. The van der Waals surface area contributed by atoms with Crippen LogP contribution < -0.4 is 0 Å². The number of hydrogen-bond acceptors (Lipinski definition) is 2. The zero-order valence-corrected chi connectivity index (χ0v) is 14.2. The fourth-order valence-corrected chi connectivity index (χ4v) is 2.80. The Balaban J connectivity index is 2.46. The van der Waals surface area contributed by atoms with Crippen molar-refractivity contribution < 1.29 is 5.11 Å². The van der Waals surface area contributed by atoms with E-state index >= 15 is 0 Å². The van der Waals surface area contributed by atoms with Gasteiger partial charge in [-0.05, 0) is 37.0 Å². The van der Waals surface area contributed by atoms with E-state index in [1.807, 2.05) is 26.0 Å². The fourth-order valence-electron chi connectivity index (χ4n) is 2.33. The van der Waals surface area contributed by atoms with Crippen molar-refractivity contribution in [1.29, 1.82) is 0 Å². The van der Waals surface area contributed by atoms with Gasteiger partial charge in [0.2, 0.25) is 0 Å². The van der Waals surface area contributed by atoms with Crippen LogP contribution in [0.4, 0.5) is 0 Å². The lowest BCUT2D eigenvalue weighted by Gasteiger charge is -2.16. The molecule has 0 aliphatic rings. The number of benzene rings is 1. The number of aliphatic hydroxyl groups excluding tert-OH is 1. The molecular weight excluding hydrogens is 340 g/mol. The summed E-state index contributed by atoms with van der Waals surface area (Å²) in [6.07, 6.45) is 1.77. The van der Waals surface area contributed by atoms with E-state index in [2.05, 4.69) is 28.0 Å². The predicted molar refractivity (Wildman–Crippen MR) is 85.2 cm³/mol. The quantitative estimate of drug-likeness (QED) is 0.880. The van der Waals surface area contributed by atoms with Crippen LogP contribution in [0.1, 0.15) is 41.8 Å². The maximum absolute atomic E-state index is 10.6. The third-order valence-corrected chi connectivity index (χ3v) is 4.84. The van der Waals surface area contributed by atoms with Crippen molar-refractivity contribution in [2.24, 2.45) is 0 Å². The van der Waals surface area contributed by atoms with E-state index in [0.29, 0.717) is 10.7 Å². The van der Waals surface area contributed by atoms with Gasteiger partial charge in [0.1, 0.15) is 6.10 Å². The predicted octanol–water partition coefficient (Wildman–Crippen LogP) is 4.41. The Hall–Kier alpha value is -0.840. The zero-order chi connectivity index (χ0) is 14.9. The first-order valence-electron chi connectivity index (χ1n) is 6.61. The lowest BCUT2D eigenvalue weighted by molar-refractivity contribution is 0.207. The summed E-state index contributed by atoms with van der Waals surface area (Å²) in [4.78, 5) is 0. The van der Waals surface area contributed by atoms with Crippen LogP contribution in [0.15, 0.2) is 22.8 Å². The summed E-state index contributed by atoms with van der Waals surface area (Å²) < 4.78 is 2.85. The summed E-state index contributed by atoms with van der Waals surface area (Å²) in [6.45, 7) is 6.84. The lowest BCUT2D eigenvalue weighted by Crippen LogP contribution is -2.11. The highest BCUT2D eigenvalue weighted by Crippen LogP contribution is 2.32. The molecule has 1 aromatic carbocycles. The van der Waals surface area contributed by atoms with Gasteiger partial charge in [-0.25, -0.2) is 0 Å². The van der Waals surface area contributed by atoms with Crippen LogP contribution in [0.3, 0.4) is 0 Å². The number of halogens is 2. The molecule has 0 aliphatic heterocycles. The van der Waals surface area contributed by atoms with Crippen molar-refractivity contribution in [3.05, 3.63) is 50.2 Å². The van der Waals surface area contributed by atoms with Gasteiger partial charge in [-0.1, -0.05) is 46.6 Å². The van der Waals surface area contributed by atoms with Crippen molar-refractivity contribution in [2.75, 3.05) is 0 Å². The molecule has 0 spiro atoms. The van der Waals surface area contributed by atoms with Crippen LogP contribution in [0.2, 0.25) is 5.02 Å². The average molecular weight is 358 g/mol. The molecular formula is C15H18BrClN2O. The maximum Gasteiger partial charge on any atom is 0.122 e. The van der Waals surface area contributed by atoms with E-state index < -0.39 is 6.10 Å². The Morgan fingerprint density at radius 1 is 1.35 bits per heavy atom. The molecule has 5 heteroatoms. The van der Waals surface area contributed by atoms with Gasteiger partial charge in [0, 0.05) is 11.0 Å². The molecule has 108 valence electrons. The van der Waals surface area contributed by atoms with Crippen molar-refractivity contribution in [3.63, 3.8) is 0 Å². The second kappa shape index (κ2) is 6.29. The first-order chi connectivity index (χ1) is 9.45. The standard InChI is InChI=1S/C15H18BrClN2O/c1-4-5-19-14(12(17)8-18-19)15(20)11-6-9(2)13(16)10(3)7-11/h6-8,15,20H,4-5H2,1-3H3. The monoisotopic (exact) mass is 356 g/mol. The minimum atomic E-state index is -0.762. The largest absolute Gasteiger partial charge is 0.382 e. The Bertz CT molecular complexity index is 601. The van der Waals surface area contributed by atoms with Crippen molar-refractivity contribution in [3.8, 4) is 0 Å². The van der Waals surface area contributed by atoms with E-state index in [4.69, 9.17) is 11.6 Å². The summed E-state index contributed by atoms with van der Waals surface area (Å²) in [6, 6.07) is 3.95. The van der Waals surface area contributed by atoms with Gasteiger partial charge < -0.3 is 5.11 Å². The van der Waals surface area contributed by atoms with E-state index in [1.54, 1.807) is 10.9 Å². The number of hydrogen-bond donors (Lipinski definition) is 1. The molecule has 2 aromatic rings. The van der Waals surface area contributed by atoms with E-state index in [0.717, 1.165) is 34.1 Å². The molecule has 1 aromatic heterocycles. The van der Waals surface area contributed by atoms with Crippen molar-refractivity contribution >= 4 is 27.5 Å². The molecule has 20 heavy (non-hydrogen) atoms. The molecule has 0 fully saturated rings. The third-order valence-electron chi connectivity index (χ3n) is 3.30. The number of aromatic nitrogens is 2. The molecule has 0 saturated carbocycles. The molecule has 1 N–H and O–H groups in total. The second-order valence-electron chi connectivity index (χ2n) is 4.97. The summed E-state index contributed by atoms with van der Waals surface area (Å²) in [5.41, 5.74) is 3.69. The first kappa shape index (κ1) is 15.5. The van der Waals surface area contributed by atoms with Gasteiger partial charge in [-0.3, -0.25) is 4.68 Å². The molecule has 1 atom stereocenters. The molecule has 0 saturated heterocycles. The van der Waals surface area contributed by atoms with Crippen LogP contribution in [0.25, 0.3) is 0 Å². The van der Waals surface area contributed by atoms with Gasteiger partial charge in [0.25, 0.3) is 0 Å². The molecule has 0 radical (unpaired) electrons. The molecule has 0 bridgehead atoms. The molecule has 1 heterocycles. The lowest BCUT2D eigenvalue weighted by atomic mass is 10.0. The summed E-state index contributed by atoms with van der Waals surface area (Å²) >= 11 is 9.72. The third kappa shape index (κ3) is 2.92. The Labute approximate surface area is 132 Å². The average Bonchev–Trinajstić information content (AvgIpc) is 2.76. The number of aryl methyl sites for hydroxylation is 3. The van der Waals surface area contributed by atoms with Gasteiger partial charge in [-0.2, -0.15) is 5.10 Å². The Morgan fingerprint density at radius 2 is 1.95 bits per heavy atom. The van der Waals surface area contributed by atoms with Crippen molar-refractivity contribution in [2.45, 2.75) is 39.8 Å². The molecule has 3 nitrogen and oxygen atoms in total. The van der Waals surface area contributed by atoms with Gasteiger partial charge in [-0.15, -0.1) is 0 Å². The van der Waals surface area contributed by atoms with Crippen molar-refractivity contribution in [1.82, 2.24) is 9.78 Å². The minimum absolute atomic E-state index is 0.504. The van der Waals surface area contributed by atoms with Crippen LogP contribution in [0, 0.1) is 13.8 Å².